The van der Waals surface area contributed by atoms with Gasteiger partial charge in [-0.25, -0.2) is 9.97 Å². The fourth-order valence-electron chi connectivity index (χ4n) is 3.18. The van der Waals surface area contributed by atoms with Crippen LogP contribution < -0.4 is 15.5 Å². The van der Waals surface area contributed by atoms with Crippen molar-refractivity contribution in [2.45, 2.75) is 27.7 Å². The molecule has 0 fully saturated rings. The summed E-state index contributed by atoms with van der Waals surface area (Å²) in [5.41, 5.74) is 4.16. The van der Waals surface area contributed by atoms with E-state index < -0.39 is 0 Å². The van der Waals surface area contributed by atoms with Gasteiger partial charge >= 0.3 is 0 Å². The zero-order chi connectivity index (χ0) is 20.8. The van der Waals surface area contributed by atoms with Gasteiger partial charge in [-0.05, 0) is 63.6 Å². The van der Waals surface area contributed by atoms with E-state index in [0.29, 0.717) is 17.3 Å². The van der Waals surface area contributed by atoms with Crippen LogP contribution in [0.3, 0.4) is 0 Å². The minimum Gasteiger partial charge on any atom is -0.372 e. The molecule has 0 unspecified atom stereocenters. The lowest BCUT2D eigenvalue weighted by molar-refractivity contribution is 0.102. The number of hydrogen-bond donors (Lipinski definition) is 2. The van der Waals surface area contributed by atoms with Gasteiger partial charge in [0, 0.05) is 36.2 Å². The van der Waals surface area contributed by atoms with Gasteiger partial charge in [0.25, 0.3) is 5.91 Å². The molecular weight excluding hydrogens is 362 g/mol. The fraction of sp³-hybridized carbons (Fsp3) is 0.261. The number of nitrogens with one attached hydrogen (secondary N) is 2. The molecule has 0 aliphatic rings. The number of para-hydroxylation sites is 1. The van der Waals surface area contributed by atoms with Crippen LogP contribution in [0.1, 0.15) is 35.7 Å². The number of aromatic nitrogens is 2. The van der Waals surface area contributed by atoms with Crippen LogP contribution in [0.5, 0.6) is 0 Å². The van der Waals surface area contributed by atoms with Crippen molar-refractivity contribution in [3.63, 3.8) is 0 Å². The Morgan fingerprint density at radius 1 is 0.966 bits per heavy atom. The highest BCUT2D eigenvalue weighted by Crippen LogP contribution is 2.23. The molecule has 1 amide bonds. The third-order valence-electron chi connectivity index (χ3n) is 4.70. The van der Waals surface area contributed by atoms with E-state index in [1.165, 1.54) is 0 Å². The first-order valence-electron chi connectivity index (χ1n) is 9.84. The van der Waals surface area contributed by atoms with Gasteiger partial charge < -0.3 is 15.5 Å². The van der Waals surface area contributed by atoms with Crippen LogP contribution in [0.2, 0.25) is 0 Å². The van der Waals surface area contributed by atoms with E-state index in [0.717, 1.165) is 35.7 Å². The average Bonchev–Trinajstić information content (AvgIpc) is 2.71. The number of aryl methyl sites for hydroxylation is 2. The Labute approximate surface area is 172 Å². The molecule has 0 radical (unpaired) electrons. The zero-order valence-electron chi connectivity index (χ0n) is 17.4. The molecule has 1 aromatic heterocycles. The Morgan fingerprint density at radius 3 is 2.34 bits per heavy atom. The van der Waals surface area contributed by atoms with Gasteiger partial charge in [0.05, 0.1) is 0 Å². The van der Waals surface area contributed by atoms with Crippen molar-refractivity contribution < 1.29 is 4.79 Å². The molecule has 6 nitrogen and oxygen atoms in total. The zero-order valence-corrected chi connectivity index (χ0v) is 17.4. The maximum atomic E-state index is 12.8. The molecule has 3 aromatic rings. The van der Waals surface area contributed by atoms with E-state index in [4.69, 9.17) is 0 Å². The smallest absolute Gasteiger partial charge is 0.274 e. The predicted octanol–water partition coefficient (Wildman–Crippen LogP) is 4.94. The lowest BCUT2D eigenvalue weighted by Crippen LogP contribution is -2.22. The Bertz CT molecular complexity index is 984. The van der Waals surface area contributed by atoms with E-state index in [2.05, 4.69) is 45.4 Å². The standard InChI is InChI=1S/C23H27N5O/c1-5-28(6-2)19-12-13-20(16(3)14-19)27-23(29)21-15-22(25-17(4)24-21)26-18-10-8-7-9-11-18/h7-15H,5-6H2,1-4H3,(H,27,29)(H,24,25,26). The van der Waals surface area contributed by atoms with Crippen molar-refractivity contribution in [2.24, 2.45) is 0 Å². The Hall–Kier alpha value is -3.41. The van der Waals surface area contributed by atoms with Crippen LogP contribution in [0, 0.1) is 13.8 Å². The quantitative estimate of drug-likeness (QED) is 0.599. The summed E-state index contributed by atoms with van der Waals surface area (Å²) >= 11 is 0. The summed E-state index contributed by atoms with van der Waals surface area (Å²) in [7, 11) is 0. The minimum atomic E-state index is -0.259. The fourth-order valence-corrected chi connectivity index (χ4v) is 3.18. The summed E-state index contributed by atoms with van der Waals surface area (Å²) in [6.45, 7) is 9.92. The number of carbonyl (C=O) groups is 1. The first-order chi connectivity index (χ1) is 14.0. The van der Waals surface area contributed by atoms with Crippen molar-refractivity contribution in [2.75, 3.05) is 28.6 Å². The second-order valence-corrected chi connectivity index (χ2v) is 6.80. The average molecular weight is 390 g/mol. The van der Waals surface area contributed by atoms with E-state index >= 15 is 0 Å². The van der Waals surface area contributed by atoms with Crippen LogP contribution in [0.15, 0.2) is 54.6 Å². The highest BCUT2D eigenvalue weighted by molar-refractivity contribution is 6.03. The van der Waals surface area contributed by atoms with Gasteiger partial charge in [-0.15, -0.1) is 0 Å². The topological polar surface area (TPSA) is 70.2 Å². The van der Waals surface area contributed by atoms with E-state index in [1.807, 2.05) is 49.4 Å². The summed E-state index contributed by atoms with van der Waals surface area (Å²) in [4.78, 5) is 23.8. The van der Waals surface area contributed by atoms with Crippen LogP contribution in [-0.4, -0.2) is 29.0 Å². The van der Waals surface area contributed by atoms with Crippen molar-refractivity contribution in [1.29, 1.82) is 0 Å². The molecule has 2 aromatic carbocycles. The predicted molar refractivity (Wildman–Crippen MR) is 119 cm³/mol. The third-order valence-corrected chi connectivity index (χ3v) is 4.70. The second kappa shape index (κ2) is 9.19. The monoisotopic (exact) mass is 389 g/mol. The molecule has 0 saturated carbocycles. The van der Waals surface area contributed by atoms with Crippen molar-refractivity contribution in [3.05, 3.63) is 71.7 Å². The number of rotatable bonds is 7. The summed E-state index contributed by atoms with van der Waals surface area (Å²) < 4.78 is 0. The van der Waals surface area contributed by atoms with Gasteiger partial charge in [0.1, 0.15) is 17.3 Å². The number of anilines is 4. The molecular formula is C23H27N5O. The van der Waals surface area contributed by atoms with Crippen molar-refractivity contribution in [1.82, 2.24) is 9.97 Å². The van der Waals surface area contributed by atoms with Gasteiger partial charge in [0.2, 0.25) is 0 Å². The normalized spacial score (nSPS) is 10.5. The van der Waals surface area contributed by atoms with Gasteiger partial charge in [-0.1, -0.05) is 18.2 Å². The first-order valence-corrected chi connectivity index (χ1v) is 9.84. The second-order valence-electron chi connectivity index (χ2n) is 6.80. The summed E-state index contributed by atoms with van der Waals surface area (Å²) in [6.07, 6.45) is 0. The Morgan fingerprint density at radius 2 is 1.69 bits per heavy atom. The van der Waals surface area contributed by atoms with Crippen LogP contribution in [-0.2, 0) is 0 Å². The van der Waals surface area contributed by atoms with Crippen molar-refractivity contribution >= 4 is 28.8 Å². The number of carbonyl (C=O) groups excluding carboxylic acids is 1. The van der Waals surface area contributed by atoms with Crippen molar-refractivity contribution in [3.8, 4) is 0 Å². The number of benzene rings is 2. The number of amides is 1. The minimum absolute atomic E-state index is 0.259. The summed E-state index contributed by atoms with van der Waals surface area (Å²) in [5.74, 6) is 0.859. The molecule has 0 bridgehead atoms. The molecule has 3 rings (SSSR count). The lowest BCUT2D eigenvalue weighted by Gasteiger charge is -2.22. The van der Waals surface area contributed by atoms with E-state index in [-0.39, 0.29) is 5.91 Å². The number of hydrogen-bond acceptors (Lipinski definition) is 5. The molecule has 29 heavy (non-hydrogen) atoms. The van der Waals surface area contributed by atoms with Gasteiger partial charge in [-0.2, -0.15) is 0 Å². The summed E-state index contributed by atoms with van der Waals surface area (Å²) in [6, 6.07) is 17.4. The maximum absolute atomic E-state index is 12.8. The third kappa shape index (κ3) is 5.10. The molecule has 2 N–H and O–H groups in total. The lowest BCUT2D eigenvalue weighted by atomic mass is 10.1. The van der Waals surface area contributed by atoms with E-state index in [1.54, 1.807) is 13.0 Å². The molecule has 150 valence electrons. The van der Waals surface area contributed by atoms with Crippen LogP contribution >= 0.6 is 0 Å². The largest absolute Gasteiger partial charge is 0.372 e. The highest BCUT2D eigenvalue weighted by Gasteiger charge is 2.13. The Balaban J connectivity index is 1.78. The van der Waals surface area contributed by atoms with E-state index in [9.17, 15) is 4.79 Å². The SMILES string of the molecule is CCN(CC)c1ccc(NC(=O)c2cc(Nc3ccccc3)nc(C)n2)c(C)c1. The van der Waals surface area contributed by atoms with Gasteiger partial charge in [-0.3, -0.25) is 4.79 Å². The molecule has 1 heterocycles. The summed E-state index contributed by atoms with van der Waals surface area (Å²) in [5, 5.41) is 6.18. The molecule has 0 saturated heterocycles. The maximum Gasteiger partial charge on any atom is 0.274 e. The van der Waals surface area contributed by atoms with Crippen LogP contribution in [0.4, 0.5) is 22.9 Å². The first kappa shape index (κ1) is 20.3. The van der Waals surface area contributed by atoms with Crippen LogP contribution in [0.25, 0.3) is 0 Å². The van der Waals surface area contributed by atoms with Gasteiger partial charge in [0.15, 0.2) is 0 Å². The molecule has 0 spiro atoms. The number of nitrogens with zero attached hydrogens (tertiary/aromatic N) is 3. The highest BCUT2D eigenvalue weighted by atomic mass is 16.1. The molecule has 0 aliphatic carbocycles. The molecule has 6 heteroatoms. The Kier molecular flexibility index (Phi) is 6.44. The molecule has 0 atom stereocenters. The molecule has 0 aliphatic heterocycles.